The second-order valence-electron chi connectivity index (χ2n) is 5.13. The van der Waals surface area contributed by atoms with Gasteiger partial charge in [-0.25, -0.2) is 13.2 Å². The smallest absolute Gasteiger partial charge is 0.340 e. The molecule has 0 radical (unpaired) electrons. The first-order valence-electron chi connectivity index (χ1n) is 7.86. The Kier molecular flexibility index (Phi) is 5.93. The van der Waals surface area contributed by atoms with Crippen molar-refractivity contribution in [2.75, 3.05) is 17.5 Å². The molecule has 2 aromatic rings. The average Bonchev–Trinajstić information content (AvgIpc) is 2.62. The van der Waals surface area contributed by atoms with Gasteiger partial charge in [0.05, 0.1) is 22.8 Å². The highest BCUT2D eigenvalue weighted by atomic mass is 32.2. The molecule has 0 aliphatic rings. The van der Waals surface area contributed by atoms with Crippen molar-refractivity contribution in [1.29, 1.82) is 0 Å². The maximum Gasteiger partial charge on any atom is 0.340 e. The molecule has 2 aromatic carbocycles. The first-order valence-corrected chi connectivity index (χ1v) is 9.30. The summed E-state index contributed by atoms with van der Waals surface area (Å²) in [6, 6.07) is 11.2. The summed E-state index contributed by atoms with van der Waals surface area (Å²) in [6.07, 6.45) is 0. The number of hydrogen-bond donors (Lipinski definition) is 0. The zero-order valence-corrected chi connectivity index (χ0v) is 15.1. The van der Waals surface area contributed by atoms with Gasteiger partial charge in [0.25, 0.3) is 15.7 Å². The number of anilines is 1. The highest BCUT2D eigenvalue weighted by Crippen LogP contribution is 2.31. The summed E-state index contributed by atoms with van der Waals surface area (Å²) < 4.78 is 32.1. The van der Waals surface area contributed by atoms with Crippen LogP contribution in [-0.2, 0) is 14.8 Å². The van der Waals surface area contributed by atoms with Crippen LogP contribution in [-0.4, -0.2) is 32.5 Å². The Bertz CT molecular complexity index is 926. The lowest BCUT2D eigenvalue weighted by Gasteiger charge is -2.24. The Hall–Kier alpha value is -2.94. The highest BCUT2D eigenvalue weighted by molar-refractivity contribution is 7.93. The van der Waals surface area contributed by atoms with Gasteiger partial charge in [-0.15, -0.1) is 0 Å². The normalized spacial score (nSPS) is 11.0. The largest absolute Gasteiger partial charge is 0.462 e. The Labute approximate surface area is 151 Å². The highest BCUT2D eigenvalue weighted by Gasteiger charge is 2.32. The number of sulfonamides is 1. The molecule has 0 saturated carbocycles. The molecular formula is C17H18N2O6S. The van der Waals surface area contributed by atoms with Crippen molar-refractivity contribution < 1.29 is 22.9 Å². The van der Waals surface area contributed by atoms with Gasteiger partial charge < -0.3 is 4.74 Å². The lowest BCUT2D eigenvalue weighted by atomic mass is 10.2. The minimum Gasteiger partial charge on any atom is -0.462 e. The van der Waals surface area contributed by atoms with Crippen molar-refractivity contribution in [2.45, 2.75) is 18.7 Å². The van der Waals surface area contributed by atoms with E-state index < -0.39 is 31.5 Å². The molecule has 8 nitrogen and oxygen atoms in total. The summed E-state index contributed by atoms with van der Waals surface area (Å²) >= 11 is 0. The fourth-order valence-electron chi connectivity index (χ4n) is 2.49. The van der Waals surface area contributed by atoms with Crippen molar-refractivity contribution in [1.82, 2.24) is 0 Å². The van der Waals surface area contributed by atoms with Crippen LogP contribution in [0.1, 0.15) is 24.2 Å². The topological polar surface area (TPSA) is 107 Å². The van der Waals surface area contributed by atoms with E-state index in [0.717, 1.165) is 10.4 Å². The Morgan fingerprint density at radius 2 is 1.73 bits per heavy atom. The first-order chi connectivity index (χ1) is 12.3. The number of carbonyl (C=O) groups excluding carboxylic acids is 1. The number of nitro groups is 1. The van der Waals surface area contributed by atoms with Crippen molar-refractivity contribution in [3.05, 3.63) is 64.2 Å². The van der Waals surface area contributed by atoms with Gasteiger partial charge in [-0.1, -0.05) is 24.3 Å². The van der Waals surface area contributed by atoms with Crippen LogP contribution in [0.25, 0.3) is 0 Å². The van der Waals surface area contributed by atoms with Crippen LogP contribution in [0.4, 0.5) is 11.4 Å². The van der Waals surface area contributed by atoms with Gasteiger partial charge >= 0.3 is 5.97 Å². The number of ether oxygens (including phenoxy) is 1. The Morgan fingerprint density at radius 1 is 1.12 bits per heavy atom. The van der Waals surface area contributed by atoms with Crippen molar-refractivity contribution in [2.24, 2.45) is 0 Å². The molecule has 138 valence electrons. The number of hydrogen-bond acceptors (Lipinski definition) is 6. The van der Waals surface area contributed by atoms with Crippen LogP contribution in [0.2, 0.25) is 0 Å². The molecule has 0 unspecified atom stereocenters. The van der Waals surface area contributed by atoms with Crippen molar-refractivity contribution in [3.8, 4) is 0 Å². The van der Waals surface area contributed by atoms with Gasteiger partial charge in [-0.05, 0) is 32.0 Å². The number of nitrogens with zero attached hydrogens (tertiary/aromatic N) is 2. The SMILES string of the molecule is CCOC(=O)c1ccccc1N(CC)S(=O)(=O)c1ccccc1[N+](=O)[O-]. The molecule has 0 N–H and O–H groups in total. The van der Waals surface area contributed by atoms with Crippen LogP contribution in [0, 0.1) is 10.1 Å². The zero-order chi connectivity index (χ0) is 19.3. The minimum absolute atomic E-state index is 0.0230. The molecule has 26 heavy (non-hydrogen) atoms. The van der Waals surface area contributed by atoms with Crippen molar-refractivity contribution >= 4 is 27.4 Å². The van der Waals surface area contributed by atoms with E-state index in [1.165, 1.54) is 30.3 Å². The van der Waals surface area contributed by atoms with E-state index >= 15 is 0 Å². The molecule has 0 heterocycles. The molecule has 0 aliphatic carbocycles. The molecule has 0 amide bonds. The number of esters is 1. The molecule has 0 spiro atoms. The number of para-hydroxylation sites is 2. The summed E-state index contributed by atoms with van der Waals surface area (Å²) in [7, 11) is -4.27. The van der Waals surface area contributed by atoms with Gasteiger partial charge in [0.15, 0.2) is 4.90 Å². The zero-order valence-electron chi connectivity index (χ0n) is 14.3. The van der Waals surface area contributed by atoms with Gasteiger partial charge in [0.2, 0.25) is 0 Å². The number of nitro benzene ring substituents is 1. The Morgan fingerprint density at radius 3 is 2.35 bits per heavy atom. The van der Waals surface area contributed by atoms with Crippen LogP contribution in [0.3, 0.4) is 0 Å². The fourth-order valence-corrected chi connectivity index (χ4v) is 4.14. The number of carbonyl (C=O) groups is 1. The molecule has 0 aromatic heterocycles. The maximum absolute atomic E-state index is 13.1. The molecule has 0 saturated heterocycles. The quantitative estimate of drug-likeness (QED) is 0.416. The van der Waals surface area contributed by atoms with Crippen LogP contribution < -0.4 is 4.31 Å². The maximum atomic E-state index is 13.1. The third-order valence-electron chi connectivity index (χ3n) is 3.59. The molecular weight excluding hydrogens is 360 g/mol. The summed E-state index contributed by atoms with van der Waals surface area (Å²) in [6.45, 7) is 3.33. The van der Waals surface area contributed by atoms with Gasteiger partial charge in [-0.2, -0.15) is 0 Å². The number of benzene rings is 2. The van der Waals surface area contributed by atoms with E-state index in [-0.39, 0.29) is 24.4 Å². The third-order valence-corrected chi connectivity index (χ3v) is 5.52. The fraction of sp³-hybridized carbons (Fsp3) is 0.235. The summed E-state index contributed by atoms with van der Waals surface area (Å²) in [5.41, 5.74) is -0.357. The molecule has 9 heteroatoms. The van der Waals surface area contributed by atoms with Crippen LogP contribution in [0.5, 0.6) is 0 Å². The summed E-state index contributed by atoms with van der Waals surface area (Å²) in [5, 5.41) is 11.2. The molecule has 2 rings (SSSR count). The second-order valence-corrected chi connectivity index (χ2v) is 6.96. The second kappa shape index (κ2) is 7.96. The van der Waals surface area contributed by atoms with E-state index in [2.05, 4.69) is 0 Å². The van der Waals surface area contributed by atoms with E-state index in [1.807, 2.05) is 0 Å². The van der Waals surface area contributed by atoms with Crippen molar-refractivity contribution in [3.63, 3.8) is 0 Å². The van der Waals surface area contributed by atoms with E-state index in [0.29, 0.717) is 0 Å². The first kappa shape index (κ1) is 19.4. The Balaban J connectivity index is 2.63. The predicted octanol–water partition coefficient (Wildman–Crippen LogP) is 2.99. The molecule has 0 atom stereocenters. The van der Waals surface area contributed by atoms with E-state index in [1.54, 1.807) is 26.0 Å². The van der Waals surface area contributed by atoms with Gasteiger partial charge in [-0.3, -0.25) is 14.4 Å². The monoisotopic (exact) mass is 378 g/mol. The standard InChI is InChI=1S/C17H18N2O6S/c1-3-18(14-10-6-5-9-13(14)17(20)25-4-2)26(23,24)16-12-8-7-11-15(16)19(21)22/h5-12H,3-4H2,1-2H3. The summed E-state index contributed by atoms with van der Waals surface area (Å²) in [4.78, 5) is 22.2. The lowest BCUT2D eigenvalue weighted by molar-refractivity contribution is -0.387. The predicted molar refractivity (Wildman–Crippen MR) is 95.7 cm³/mol. The third kappa shape index (κ3) is 3.67. The van der Waals surface area contributed by atoms with E-state index in [4.69, 9.17) is 4.74 Å². The van der Waals surface area contributed by atoms with Gasteiger partial charge in [0, 0.05) is 12.6 Å². The minimum atomic E-state index is -4.27. The van der Waals surface area contributed by atoms with Crippen LogP contribution >= 0.6 is 0 Å². The van der Waals surface area contributed by atoms with E-state index in [9.17, 15) is 23.3 Å². The average molecular weight is 378 g/mol. The number of rotatable bonds is 7. The molecule has 0 fully saturated rings. The molecule has 0 bridgehead atoms. The van der Waals surface area contributed by atoms with Gasteiger partial charge in [0.1, 0.15) is 0 Å². The molecule has 0 aliphatic heterocycles. The lowest BCUT2D eigenvalue weighted by Crippen LogP contribution is -2.32. The van der Waals surface area contributed by atoms with Crippen LogP contribution in [0.15, 0.2) is 53.4 Å². The summed E-state index contributed by atoms with van der Waals surface area (Å²) in [5.74, 6) is -0.667.